The van der Waals surface area contributed by atoms with Crippen LogP contribution in [-0.4, -0.2) is 17.2 Å². The van der Waals surface area contributed by atoms with Crippen LogP contribution in [0.5, 0.6) is 5.75 Å². The van der Waals surface area contributed by atoms with Crippen molar-refractivity contribution in [2.45, 2.75) is 46.1 Å². The summed E-state index contributed by atoms with van der Waals surface area (Å²) in [6, 6.07) is 11.3. The van der Waals surface area contributed by atoms with Gasteiger partial charge in [-0.1, -0.05) is 41.4 Å². The third kappa shape index (κ3) is 4.51. The molecule has 1 atom stereocenters. The highest BCUT2D eigenvalue weighted by atomic mass is 35.5. The molecule has 0 aliphatic rings. The molecule has 0 heterocycles. The van der Waals surface area contributed by atoms with Crippen molar-refractivity contribution in [2.75, 3.05) is 0 Å². The molecule has 24 heavy (non-hydrogen) atoms. The van der Waals surface area contributed by atoms with Gasteiger partial charge in [-0.25, -0.2) is 0 Å². The van der Waals surface area contributed by atoms with E-state index >= 15 is 0 Å². The van der Waals surface area contributed by atoms with Crippen molar-refractivity contribution in [3.8, 4) is 5.75 Å². The van der Waals surface area contributed by atoms with Gasteiger partial charge in [0.2, 0.25) is 0 Å². The van der Waals surface area contributed by atoms with Gasteiger partial charge in [-0.2, -0.15) is 0 Å². The molecule has 1 unspecified atom stereocenters. The average molecular weight is 347 g/mol. The molecule has 2 aromatic rings. The molecule has 0 aliphatic heterocycles. The molecule has 0 fully saturated rings. The summed E-state index contributed by atoms with van der Waals surface area (Å²) in [5.41, 5.74) is 3.84. The van der Waals surface area contributed by atoms with Gasteiger partial charge in [0.25, 0.3) is 0 Å². The van der Waals surface area contributed by atoms with E-state index in [1.807, 2.05) is 52.0 Å². The molecule has 4 heteroatoms. The van der Waals surface area contributed by atoms with Crippen molar-refractivity contribution in [3.63, 3.8) is 0 Å². The summed E-state index contributed by atoms with van der Waals surface area (Å²) in [5.74, 6) is -0.812. The number of hydrogen-bond donors (Lipinski definition) is 1. The number of benzene rings is 2. The third-order valence-corrected chi connectivity index (χ3v) is 4.19. The van der Waals surface area contributed by atoms with Gasteiger partial charge in [0.05, 0.1) is 17.0 Å². The molecule has 1 N–H and O–H groups in total. The number of hydrogen-bond acceptors (Lipinski definition) is 2. The van der Waals surface area contributed by atoms with Gasteiger partial charge in [0.15, 0.2) is 0 Å². The molecule has 3 nitrogen and oxygen atoms in total. The lowest BCUT2D eigenvalue weighted by Crippen LogP contribution is -2.16. The van der Waals surface area contributed by atoms with Gasteiger partial charge in [-0.05, 0) is 62.9 Å². The Balaban J connectivity index is 2.28. The summed E-state index contributed by atoms with van der Waals surface area (Å²) in [7, 11) is 0. The van der Waals surface area contributed by atoms with E-state index < -0.39 is 11.9 Å². The summed E-state index contributed by atoms with van der Waals surface area (Å²) < 4.78 is 5.62. The Hall–Kier alpha value is -2.00. The molecule has 0 radical (unpaired) electrons. The predicted molar refractivity (Wildman–Crippen MR) is 97.2 cm³/mol. The van der Waals surface area contributed by atoms with Crippen LogP contribution in [0.3, 0.4) is 0 Å². The van der Waals surface area contributed by atoms with Gasteiger partial charge in [0.1, 0.15) is 5.75 Å². The SMILES string of the molecule is Cc1ccc(C(Cc2ccc(OC(C)C)c(Cl)c2)C(=O)O)c(C)c1. The fourth-order valence-electron chi connectivity index (χ4n) is 2.80. The predicted octanol–water partition coefficient (Wildman–Crippen LogP) is 5.15. The van der Waals surface area contributed by atoms with Crippen LogP contribution < -0.4 is 4.74 Å². The first-order chi connectivity index (χ1) is 11.3. The Morgan fingerprint density at radius 1 is 1.17 bits per heavy atom. The van der Waals surface area contributed by atoms with Crippen LogP contribution in [0.4, 0.5) is 0 Å². The highest BCUT2D eigenvalue weighted by Gasteiger charge is 2.22. The number of carboxylic acids is 1. The van der Waals surface area contributed by atoms with Gasteiger partial charge >= 0.3 is 5.97 Å². The van der Waals surface area contributed by atoms with Gasteiger partial charge in [-0.15, -0.1) is 0 Å². The monoisotopic (exact) mass is 346 g/mol. The summed E-state index contributed by atoms with van der Waals surface area (Å²) in [6.07, 6.45) is 0.427. The maximum Gasteiger partial charge on any atom is 0.311 e. The van der Waals surface area contributed by atoms with Crippen molar-refractivity contribution in [1.82, 2.24) is 0 Å². The first-order valence-electron chi connectivity index (χ1n) is 8.03. The van der Waals surface area contributed by atoms with Crippen molar-refractivity contribution in [3.05, 3.63) is 63.7 Å². The molecule has 0 saturated heterocycles. The van der Waals surface area contributed by atoms with E-state index in [4.69, 9.17) is 16.3 Å². The molecule has 0 spiro atoms. The summed E-state index contributed by atoms with van der Waals surface area (Å²) >= 11 is 6.26. The highest BCUT2D eigenvalue weighted by molar-refractivity contribution is 6.32. The second kappa shape index (κ2) is 7.71. The maximum absolute atomic E-state index is 11.8. The zero-order valence-electron chi connectivity index (χ0n) is 14.5. The minimum Gasteiger partial charge on any atom is -0.489 e. The molecular weight excluding hydrogens is 324 g/mol. The molecular formula is C20H23ClO3. The van der Waals surface area contributed by atoms with Crippen LogP contribution >= 0.6 is 11.6 Å². The first-order valence-corrected chi connectivity index (χ1v) is 8.40. The van der Waals surface area contributed by atoms with Crippen LogP contribution in [0.1, 0.15) is 42.0 Å². The quantitative estimate of drug-likeness (QED) is 0.786. The van der Waals surface area contributed by atoms with E-state index in [1.54, 1.807) is 12.1 Å². The largest absolute Gasteiger partial charge is 0.489 e. The molecule has 2 aromatic carbocycles. The average Bonchev–Trinajstić information content (AvgIpc) is 2.47. The van der Waals surface area contributed by atoms with Crippen molar-refractivity contribution in [1.29, 1.82) is 0 Å². The topological polar surface area (TPSA) is 46.5 Å². The van der Waals surface area contributed by atoms with Crippen LogP contribution in [-0.2, 0) is 11.2 Å². The molecule has 0 saturated carbocycles. The number of halogens is 1. The molecule has 2 rings (SSSR count). The lowest BCUT2D eigenvalue weighted by Gasteiger charge is -2.17. The highest BCUT2D eigenvalue weighted by Crippen LogP contribution is 2.30. The lowest BCUT2D eigenvalue weighted by atomic mass is 9.88. The molecule has 128 valence electrons. The van der Waals surface area contributed by atoms with Gasteiger partial charge < -0.3 is 9.84 Å². The Kier molecular flexibility index (Phi) is 5.89. The second-order valence-corrected chi connectivity index (χ2v) is 6.79. The Morgan fingerprint density at radius 2 is 1.88 bits per heavy atom. The summed E-state index contributed by atoms with van der Waals surface area (Å²) in [5, 5.41) is 10.2. The molecule has 0 aliphatic carbocycles. The van der Waals surface area contributed by atoms with E-state index in [-0.39, 0.29) is 6.10 Å². The van der Waals surface area contributed by atoms with E-state index in [0.29, 0.717) is 17.2 Å². The van der Waals surface area contributed by atoms with Crippen molar-refractivity contribution >= 4 is 17.6 Å². The maximum atomic E-state index is 11.8. The lowest BCUT2D eigenvalue weighted by molar-refractivity contribution is -0.138. The van der Waals surface area contributed by atoms with E-state index in [9.17, 15) is 9.90 Å². The van der Waals surface area contributed by atoms with Crippen LogP contribution in [0, 0.1) is 13.8 Å². The number of ether oxygens (including phenoxy) is 1. The Labute approximate surface area is 148 Å². The molecule has 0 bridgehead atoms. The fraction of sp³-hybridized carbons (Fsp3) is 0.350. The Morgan fingerprint density at radius 3 is 2.42 bits per heavy atom. The number of aryl methyl sites for hydroxylation is 2. The number of carbonyl (C=O) groups is 1. The normalized spacial score (nSPS) is 12.2. The number of carboxylic acid groups (broad SMARTS) is 1. The molecule has 0 amide bonds. The number of aliphatic carboxylic acids is 1. The smallest absolute Gasteiger partial charge is 0.311 e. The molecule has 0 aromatic heterocycles. The second-order valence-electron chi connectivity index (χ2n) is 6.39. The summed E-state index contributed by atoms with van der Waals surface area (Å²) in [4.78, 5) is 11.8. The van der Waals surface area contributed by atoms with Gasteiger partial charge in [0, 0.05) is 0 Å². The first kappa shape index (κ1) is 18.3. The van der Waals surface area contributed by atoms with E-state index in [1.165, 1.54) is 0 Å². The third-order valence-electron chi connectivity index (χ3n) is 3.90. The van der Waals surface area contributed by atoms with Crippen LogP contribution in [0.25, 0.3) is 0 Å². The fourth-order valence-corrected chi connectivity index (χ4v) is 3.05. The van der Waals surface area contributed by atoms with Crippen molar-refractivity contribution < 1.29 is 14.6 Å². The van der Waals surface area contributed by atoms with E-state index in [0.717, 1.165) is 22.3 Å². The van der Waals surface area contributed by atoms with Crippen LogP contribution in [0.15, 0.2) is 36.4 Å². The summed E-state index contributed by atoms with van der Waals surface area (Å²) in [6.45, 7) is 7.82. The minimum absolute atomic E-state index is 0.0373. The standard InChI is InChI=1S/C20H23ClO3/c1-12(2)24-19-8-6-15(11-18(19)21)10-17(20(22)23)16-7-5-13(3)9-14(16)4/h5-9,11-12,17H,10H2,1-4H3,(H,22,23). The number of rotatable bonds is 6. The zero-order valence-corrected chi connectivity index (χ0v) is 15.2. The van der Waals surface area contributed by atoms with Crippen LogP contribution in [0.2, 0.25) is 5.02 Å². The minimum atomic E-state index is -0.833. The Bertz CT molecular complexity index is 738. The van der Waals surface area contributed by atoms with E-state index in [2.05, 4.69) is 0 Å². The zero-order chi connectivity index (χ0) is 17.9. The van der Waals surface area contributed by atoms with Gasteiger partial charge in [-0.3, -0.25) is 4.79 Å². The van der Waals surface area contributed by atoms with Crippen molar-refractivity contribution in [2.24, 2.45) is 0 Å².